The molecular formula is C10H18O5. The van der Waals surface area contributed by atoms with E-state index in [4.69, 9.17) is 4.74 Å². The van der Waals surface area contributed by atoms with Crippen LogP contribution in [0.4, 0.5) is 0 Å². The Balaban J connectivity index is 2.46. The number of carbonyl (C=O) groups excluding carboxylic acids is 1. The predicted molar refractivity (Wildman–Crippen MR) is 52.0 cm³/mol. The second kappa shape index (κ2) is 5.44. The summed E-state index contributed by atoms with van der Waals surface area (Å²) in [5, 5.41) is 28.0. The van der Waals surface area contributed by atoms with Crippen molar-refractivity contribution in [3.05, 3.63) is 0 Å². The highest BCUT2D eigenvalue weighted by atomic mass is 16.5. The van der Waals surface area contributed by atoms with Gasteiger partial charge in [-0.2, -0.15) is 0 Å². The number of aliphatic hydroxyl groups excluding tert-OH is 3. The molecule has 0 heterocycles. The van der Waals surface area contributed by atoms with Gasteiger partial charge in [-0.05, 0) is 19.3 Å². The maximum atomic E-state index is 11.4. The molecule has 0 spiro atoms. The average Bonchev–Trinajstić information content (AvgIpc) is 2.21. The van der Waals surface area contributed by atoms with Crippen molar-refractivity contribution >= 4 is 5.97 Å². The SMILES string of the molecule is CCCOC(=O)C1CC(O)C(O)C(O)C1. The minimum atomic E-state index is -1.15. The molecule has 3 N–H and O–H groups in total. The van der Waals surface area contributed by atoms with E-state index in [0.717, 1.165) is 6.42 Å². The van der Waals surface area contributed by atoms with E-state index in [2.05, 4.69) is 0 Å². The standard InChI is InChI=1S/C10H18O5/c1-2-3-15-10(14)6-4-7(11)9(13)8(12)5-6/h6-9,11-13H,2-5H2,1H3. The first kappa shape index (κ1) is 12.4. The fraction of sp³-hybridized carbons (Fsp3) is 0.900. The van der Waals surface area contributed by atoms with Crippen LogP contribution in [0.15, 0.2) is 0 Å². The van der Waals surface area contributed by atoms with E-state index >= 15 is 0 Å². The Morgan fingerprint density at radius 2 is 1.80 bits per heavy atom. The first-order valence-corrected chi connectivity index (χ1v) is 5.27. The maximum absolute atomic E-state index is 11.4. The van der Waals surface area contributed by atoms with E-state index in [1.807, 2.05) is 6.92 Å². The molecular weight excluding hydrogens is 200 g/mol. The maximum Gasteiger partial charge on any atom is 0.309 e. The molecule has 2 unspecified atom stereocenters. The van der Waals surface area contributed by atoms with Crippen LogP contribution in [0.2, 0.25) is 0 Å². The van der Waals surface area contributed by atoms with Gasteiger partial charge in [-0.25, -0.2) is 0 Å². The zero-order valence-electron chi connectivity index (χ0n) is 8.80. The Morgan fingerprint density at radius 1 is 1.27 bits per heavy atom. The topological polar surface area (TPSA) is 87.0 Å². The summed E-state index contributed by atoms with van der Waals surface area (Å²) in [5.41, 5.74) is 0. The molecule has 1 fully saturated rings. The summed E-state index contributed by atoms with van der Waals surface area (Å²) >= 11 is 0. The molecule has 0 bridgehead atoms. The number of ether oxygens (including phenoxy) is 1. The van der Waals surface area contributed by atoms with Gasteiger partial charge < -0.3 is 20.1 Å². The number of aliphatic hydroxyl groups is 3. The molecule has 0 aromatic carbocycles. The van der Waals surface area contributed by atoms with Crippen molar-refractivity contribution in [3.63, 3.8) is 0 Å². The van der Waals surface area contributed by atoms with E-state index in [1.54, 1.807) is 0 Å². The normalized spacial score (nSPS) is 36.3. The van der Waals surface area contributed by atoms with Gasteiger partial charge in [0.1, 0.15) is 6.10 Å². The van der Waals surface area contributed by atoms with Crippen LogP contribution in [0.1, 0.15) is 26.2 Å². The second-order valence-corrected chi connectivity index (χ2v) is 3.96. The van der Waals surface area contributed by atoms with Crippen molar-refractivity contribution in [1.29, 1.82) is 0 Å². The zero-order valence-corrected chi connectivity index (χ0v) is 8.80. The van der Waals surface area contributed by atoms with Gasteiger partial charge in [0.05, 0.1) is 24.7 Å². The largest absolute Gasteiger partial charge is 0.465 e. The molecule has 0 aromatic heterocycles. The fourth-order valence-electron chi connectivity index (χ4n) is 1.73. The molecule has 88 valence electrons. The number of esters is 1. The summed E-state index contributed by atoms with van der Waals surface area (Å²) in [6, 6.07) is 0. The third-order valence-electron chi connectivity index (χ3n) is 2.62. The van der Waals surface area contributed by atoms with Crippen LogP contribution in [-0.4, -0.2) is 46.2 Å². The van der Waals surface area contributed by atoms with Gasteiger partial charge in [0.25, 0.3) is 0 Å². The van der Waals surface area contributed by atoms with Crippen molar-refractivity contribution in [2.45, 2.75) is 44.5 Å². The molecule has 0 aliphatic heterocycles. The van der Waals surface area contributed by atoms with Crippen LogP contribution in [-0.2, 0) is 9.53 Å². The lowest BCUT2D eigenvalue weighted by atomic mass is 9.83. The third kappa shape index (κ3) is 3.15. The Bertz CT molecular complexity index is 206. The Labute approximate surface area is 88.7 Å². The molecule has 0 amide bonds. The molecule has 1 aliphatic rings. The highest BCUT2D eigenvalue weighted by molar-refractivity contribution is 5.72. The highest BCUT2D eigenvalue weighted by Gasteiger charge is 2.38. The quantitative estimate of drug-likeness (QED) is 0.552. The van der Waals surface area contributed by atoms with Gasteiger partial charge in [0.15, 0.2) is 0 Å². The minimum Gasteiger partial charge on any atom is -0.465 e. The molecule has 1 saturated carbocycles. The van der Waals surface area contributed by atoms with E-state index in [1.165, 1.54) is 0 Å². The Kier molecular flexibility index (Phi) is 4.50. The first-order valence-electron chi connectivity index (χ1n) is 5.27. The van der Waals surface area contributed by atoms with E-state index in [0.29, 0.717) is 6.61 Å². The number of hydrogen-bond donors (Lipinski definition) is 3. The van der Waals surface area contributed by atoms with Crippen LogP contribution in [0, 0.1) is 5.92 Å². The lowest BCUT2D eigenvalue weighted by molar-refractivity contribution is -0.159. The van der Waals surface area contributed by atoms with Gasteiger partial charge in [-0.15, -0.1) is 0 Å². The minimum absolute atomic E-state index is 0.154. The number of rotatable bonds is 3. The Hall–Kier alpha value is -0.650. The molecule has 0 radical (unpaired) electrons. The smallest absolute Gasteiger partial charge is 0.309 e. The third-order valence-corrected chi connectivity index (χ3v) is 2.62. The molecule has 0 saturated heterocycles. The van der Waals surface area contributed by atoms with Crippen molar-refractivity contribution in [2.75, 3.05) is 6.61 Å². The van der Waals surface area contributed by atoms with Gasteiger partial charge in [-0.1, -0.05) is 6.92 Å². The lowest BCUT2D eigenvalue weighted by Crippen LogP contribution is -2.46. The molecule has 1 aliphatic carbocycles. The molecule has 5 heteroatoms. The number of hydrogen-bond acceptors (Lipinski definition) is 5. The van der Waals surface area contributed by atoms with Crippen LogP contribution in [0.25, 0.3) is 0 Å². The van der Waals surface area contributed by atoms with Gasteiger partial charge in [-0.3, -0.25) is 4.79 Å². The zero-order chi connectivity index (χ0) is 11.4. The van der Waals surface area contributed by atoms with Crippen LogP contribution < -0.4 is 0 Å². The molecule has 0 aromatic rings. The second-order valence-electron chi connectivity index (χ2n) is 3.96. The van der Waals surface area contributed by atoms with Crippen LogP contribution >= 0.6 is 0 Å². The van der Waals surface area contributed by atoms with E-state index in [-0.39, 0.29) is 12.8 Å². The molecule has 15 heavy (non-hydrogen) atoms. The molecule has 1 rings (SSSR count). The van der Waals surface area contributed by atoms with Crippen molar-refractivity contribution in [2.24, 2.45) is 5.92 Å². The van der Waals surface area contributed by atoms with Gasteiger partial charge >= 0.3 is 5.97 Å². The summed E-state index contributed by atoms with van der Waals surface area (Å²) in [5.74, 6) is -0.910. The number of carbonyl (C=O) groups is 1. The summed E-state index contributed by atoms with van der Waals surface area (Å²) in [7, 11) is 0. The van der Waals surface area contributed by atoms with Gasteiger partial charge in [0.2, 0.25) is 0 Å². The van der Waals surface area contributed by atoms with Gasteiger partial charge in [0, 0.05) is 0 Å². The monoisotopic (exact) mass is 218 g/mol. The van der Waals surface area contributed by atoms with Crippen LogP contribution in [0.5, 0.6) is 0 Å². The molecule has 5 nitrogen and oxygen atoms in total. The van der Waals surface area contributed by atoms with Crippen molar-refractivity contribution in [1.82, 2.24) is 0 Å². The first-order chi connectivity index (χ1) is 7.06. The summed E-state index contributed by atoms with van der Waals surface area (Å²) in [6.07, 6.45) is -2.20. The summed E-state index contributed by atoms with van der Waals surface area (Å²) in [4.78, 5) is 11.4. The summed E-state index contributed by atoms with van der Waals surface area (Å²) in [6.45, 7) is 2.24. The van der Waals surface area contributed by atoms with Crippen molar-refractivity contribution < 1.29 is 24.9 Å². The fourth-order valence-corrected chi connectivity index (χ4v) is 1.73. The highest BCUT2D eigenvalue weighted by Crippen LogP contribution is 2.26. The summed E-state index contributed by atoms with van der Waals surface area (Å²) < 4.78 is 4.92. The Morgan fingerprint density at radius 3 is 2.27 bits per heavy atom. The van der Waals surface area contributed by atoms with Crippen LogP contribution in [0.3, 0.4) is 0 Å². The van der Waals surface area contributed by atoms with E-state index in [9.17, 15) is 20.1 Å². The molecule has 2 atom stereocenters. The average molecular weight is 218 g/mol. The lowest BCUT2D eigenvalue weighted by Gasteiger charge is -2.32. The van der Waals surface area contributed by atoms with Crippen molar-refractivity contribution in [3.8, 4) is 0 Å². The van der Waals surface area contributed by atoms with E-state index < -0.39 is 30.2 Å². The predicted octanol–water partition coefficient (Wildman–Crippen LogP) is -0.568.